The molecule has 2 amide bonds. The van der Waals surface area contributed by atoms with Gasteiger partial charge in [0.25, 0.3) is 0 Å². The van der Waals surface area contributed by atoms with Crippen molar-refractivity contribution in [2.45, 2.75) is 50.1 Å². The van der Waals surface area contributed by atoms with Crippen molar-refractivity contribution in [1.82, 2.24) is 20.3 Å². The number of esters is 1. The van der Waals surface area contributed by atoms with Gasteiger partial charge in [-0.2, -0.15) is 4.72 Å². The number of hydrogen-bond donors (Lipinski definition) is 5. The minimum atomic E-state index is -4.22. The van der Waals surface area contributed by atoms with Crippen LogP contribution in [0.3, 0.4) is 0 Å². The number of nitrogens with two attached hydrogens (primary N) is 1. The van der Waals surface area contributed by atoms with E-state index in [0.29, 0.717) is 13.1 Å². The first-order valence-corrected chi connectivity index (χ1v) is 16.1. The molecule has 2 aromatic rings. The highest BCUT2D eigenvalue weighted by atomic mass is 35.5. The fraction of sp³-hybridized carbons (Fsp3) is 0.467. The molecule has 240 valence electrons. The molecular formula is C30H41ClN6O6S. The first-order valence-electron chi connectivity index (χ1n) is 14.6. The molecule has 0 bridgehead atoms. The molecule has 14 heteroatoms. The molecule has 1 saturated heterocycles. The minimum Gasteiger partial charge on any atom is -0.463 e. The molecule has 2 fully saturated rings. The highest BCUT2D eigenvalue weighted by molar-refractivity contribution is 7.89. The largest absolute Gasteiger partial charge is 0.463 e. The van der Waals surface area contributed by atoms with Crippen LogP contribution >= 0.6 is 12.4 Å². The number of benzene rings is 2. The maximum atomic E-state index is 13.2. The highest BCUT2D eigenvalue weighted by Crippen LogP contribution is 2.38. The summed E-state index contributed by atoms with van der Waals surface area (Å²) in [4.78, 5) is 40.6. The minimum absolute atomic E-state index is 0. The van der Waals surface area contributed by atoms with E-state index in [2.05, 4.69) is 15.4 Å². The highest BCUT2D eigenvalue weighted by Gasteiger charge is 2.39. The Hall–Kier alpha value is -3.68. The van der Waals surface area contributed by atoms with Gasteiger partial charge in [0, 0.05) is 32.0 Å². The van der Waals surface area contributed by atoms with Gasteiger partial charge in [0.1, 0.15) is 0 Å². The van der Waals surface area contributed by atoms with Crippen LogP contribution in [0.4, 0.5) is 0 Å². The second-order valence-corrected chi connectivity index (χ2v) is 12.7. The van der Waals surface area contributed by atoms with E-state index in [1.165, 1.54) is 12.1 Å². The van der Waals surface area contributed by atoms with Crippen molar-refractivity contribution in [3.05, 3.63) is 54.6 Å². The predicted molar refractivity (Wildman–Crippen MR) is 168 cm³/mol. The quantitative estimate of drug-likeness (QED) is 0.0947. The third-order valence-electron chi connectivity index (χ3n) is 7.73. The molecule has 12 nitrogen and oxygen atoms in total. The lowest BCUT2D eigenvalue weighted by Crippen LogP contribution is -2.54. The number of hydrogen-bond acceptors (Lipinski definition) is 7. The number of piperidine rings is 1. The maximum Gasteiger partial charge on any atom is 0.344 e. The zero-order valence-electron chi connectivity index (χ0n) is 24.7. The molecule has 1 unspecified atom stereocenters. The van der Waals surface area contributed by atoms with Gasteiger partial charge in [-0.3, -0.25) is 15.0 Å². The van der Waals surface area contributed by atoms with E-state index in [-0.39, 0.29) is 54.0 Å². The first kappa shape index (κ1) is 34.8. The Balaban J connectivity index is 0.00000529. The summed E-state index contributed by atoms with van der Waals surface area (Å²) in [6, 6.07) is 15.6. The number of guanidine groups is 1. The Morgan fingerprint density at radius 2 is 1.70 bits per heavy atom. The fourth-order valence-corrected chi connectivity index (χ4v) is 6.36. The van der Waals surface area contributed by atoms with Gasteiger partial charge in [0.05, 0.1) is 11.5 Å². The van der Waals surface area contributed by atoms with Gasteiger partial charge in [-0.15, -0.1) is 12.4 Å². The van der Waals surface area contributed by atoms with Crippen LogP contribution in [-0.2, 0) is 29.1 Å². The summed E-state index contributed by atoms with van der Waals surface area (Å²) in [6.07, 6.45) is 1.50. The molecule has 0 radical (unpaired) electrons. The Morgan fingerprint density at radius 3 is 2.32 bits per heavy atom. The molecule has 44 heavy (non-hydrogen) atoms. The molecule has 2 aromatic carbocycles. The SMILES string of the molecule is CCOC(=O)[C@@H](NC(=O)CC(C(=O)NC[C@@H]1CCCN(C(=N)N)C1)C1CC1)NS(=O)(=O)c1ccc(-c2ccccc2)cc1.Cl. The number of nitrogens with one attached hydrogen (secondary N) is 4. The second kappa shape index (κ2) is 15.9. The smallest absolute Gasteiger partial charge is 0.344 e. The van der Waals surface area contributed by atoms with Crippen molar-refractivity contribution < 1.29 is 27.5 Å². The van der Waals surface area contributed by atoms with Gasteiger partial charge in [-0.25, -0.2) is 13.2 Å². The van der Waals surface area contributed by atoms with Crippen molar-refractivity contribution >= 4 is 46.2 Å². The molecule has 1 heterocycles. The van der Waals surface area contributed by atoms with Gasteiger partial charge in [0.2, 0.25) is 21.8 Å². The average Bonchev–Trinajstić information content (AvgIpc) is 3.84. The summed E-state index contributed by atoms with van der Waals surface area (Å²) in [7, 11) is -4.22. The van der Waals surface area contributed by atoms with Crippen molar-refractivity contribution in [1.29, 1.82) is 5.41 Å². The fourth-order valence-electron chi connectivity index (χ4n) is 5.26. The van der Waals surface area contributed by atoms with Crippen molar-refractivity contribution in [2.24, 2.45) is 23.5 Å². The molecule has 6 N–H and O–H groups in total. The van der Waals surface area contributed by atoms with Crippen LogP contribution in [-0.4, -0.2) is 69.5 Å². The average molecular weight is 649 g/mol. The van der Waals surface area contributed by atoms with E-state index in [1.807, 2.05) is 30.3 Å². The van der Waals surface area contributed by atoms with Crippen molar-refractivity contribution in [3.63, 3.8) is 0 Å². The number of ether oxygens (including phenoxy) is 1. The monoisotopic (exact) mass is 648 g/mol. The summed E-state index contributed by atoms with van der Waals surface area (Å²) in [5.74, 6) is -2.29. The van der Waals surface area contributed by atoms with Crippen molar-refractivity contribution in [3.8, 4) is 11.1 Å². The lowest BCUT2D eigenvalue weighted by Gasteiger charge is -2.33. The number of carbonyl (C=O) groups excluding carboxylic acids is 3. The molecule has 2 aliphatic rings. The number of carbonyl (C=O) groups is 3. The van der Waals surface area contributed by atoms with Crippen LogP contribution in [0.5, 0.6) is 0 Å². The van der Waals surface area contributed by atoms with Gasteiger partial charge < -0.3 is 26.0 Å². The number of sulfonamides is 1. The third kappa shape index (κ3) is 9.66. The van der Waals surface area contributed by atoms with Crippen LogP contribution in [0.1, 0.15) is 39.0 Å². The van der Waals surface area contributed by atoms with Gasteiger partial charge in [-0.1, -0.05) is 42.5 Å². The summed E-state index contributed by atoms with van der Waals surface area (Å²) in [6.45, 7) is 3.26. The predicted octanol–water partition coefficient (Wildman–Crippen LogP) is 2.20. The number of rotatable bonds is 13. The van der Waals surface area contributed by atoms with Crippen LogP contribution in [0.2, 0.25) is 0 Å². The van der Waals surface area contributed by atoms with Gasteiger partial charge >= 0.3 is 5.97 Å². The molecule has 0 spiro atoms. The summed E-state index contributed by atoms with van der Waals surface area (Å²) >= 11 is 0. The van der Waals surface area contributed by atoms with Crippen molar-refractivity contribution in [2.75, 3.05) is 26.2 Å². The van der Waals surface area contributed by atoms with E-state index >= 15 is 0 Å². The summed E-state index contributed by atoms with van der Waals surface area (Å²) < 4.78 is 33.6. The Kier molecular flexibility index (Phi) is 12.6. The van der Waals surface area contributed by atoms with E-state index in [0.717, 1.165) is 43.4 Å². The summed E-state index contributed by atoms with van der Waals surface area (Å²) in [5.41, 5.74) is 7.35. The molecule has 3 atom stereocenters. The zero-order valence-corrected chi connectivity index (χ0v) is 26.3. The van der Waals surface area contributed by atoms with Crippen LogP contribution in [0.15, 0.2) is 59.5 Å². The zero-order chi connectivity index (χ0) is 31.0. The second-order valence-electron chi connectivity index (χ2n) is 11.0. The maximum absolute atomic E-state index is 13.2. The standard InChI is InChI=1S/C30H40N6O6S.ClH/c1-2-42-29(39)27(35-43(40,41)24-14-12-22(13-15-24)21-8-4-3-5-9-21)34-26(37)17-25(23-10-11-23)28(38)33-18-20-7-6-16-36(19-20)30(31)32;/h3-5,8-9,12-15,20,23,25,27,35H,2,6-7,10-11,16-19H2,1H3,(H3,31,32)(H,33,38)(H,34,37);1H/t20-,25?,27-;/m0./s1. The first-order chi connectivity index (χ1) is 20.6. The summed E-state index contributed by atoms with van der Waals surface area (Å²) in [5, 5.41) is 13.0. The number of amides is 2. The topological polar surface area (TPSA) is 184 Å². The Morgan fingerprint density at radius 1 is 1.05 bits per heavy atom. The number of halogens is 1. The number of likely N-dealkylation sites (tertiary alicyclic amines) is 1. The molecular weight excluding hydrogens is 608 g/mol. The van der Waals surface area contributed by atoms with Gasteiger partial charge in [0.15, 0.2) is 12.1 Å². The van der Waals surface area contributed by atoms with Crippen LogP contribution in [0.25, 0.3) is 11.1 Å². The normalized spacial score (nSPS) is 17.8. The molecule has 1 aliphatic carbocycles. The van der Waals surface area contributed by atoms with E-state index in [1.54, 1.807) is 24.0 Å². The molecule has 1 aliphatic heterocycles. The van der Waals surface area contributed by atoms with E-state index in [9.17, 15) is 22.8 Å². The number of nitrogens with zero attached hydrogens (tertiary/aromatic N) is 1. The lowest BCUT2D eigenvalue weighted by atomic mass is 9.95. The lowest BCUT2D eigenvalue weighted by molar-refractivity contribution is -0.148. The Bertz CT molecular complexity index is 1400. The molecule has 0 aromatic heterocycles. The van der Waals surface area contributed by atoms with Crippen LogP contribution < -0.4 is 21.1 Å². The van der Waals surface area contributed by atoms with E-state index < -0.39 is 34.0 Å². The Labute approximate surface area is 264 Å². The molecule has 1 saturated carbocycles. The molecule has 4 rings (SSSR count). The third-order valence-corrected chi connectivity index (χ3v) is 9.17. The van der Waals surface area contributed by atoms with Gasteiger partial charge in [-0.05, 0) is 67.7 Å². The van der Waals surface area contributed by atoms with Crippen LogP contribution in [0, 0.1) is 23.2 Å². The van der Waals surface area contributed by atoms with E-state index in [4.69, 9.17) is 15.9 Å².